The Bertz CT molecular complexity index is 1120. The van der Waals surface area contributed by atoms with Crippen LogP contribution in [0.5, 0.6) is 0 Å². The second-order valence-electron chi connectivity index (χ2n) is 10.1. The molecule has 4 rings (SSSR count). The lowest BCUT2D eigenvalue weighted by molar-refractivity contribution is -0.136. The van der Waals surface area contributed by atoms with E-state index in [4.69, 9.17) is 0 Å². The molecular weight excluding hydrogens is 422 g/mol. The molecule has 0 bridgehead atoms. The van der Waals surface area contributed by atoms with Gasteiger partial charge in [-0.2, -0.15) is 0 Å². The van der Waals surface area contributed by atoms with E-state index in [-0.39, 0.29) is 23.7 Å². The van der Waals surface area contributed by atoms with Gasteiger partial charge in [-0.1, -0.05) is 20.8 Å². The standard InChI is InChI=1S/C24H29N5O4/c1-15-11-23(2,3)14-24(12-15)21(32)29(22(33)27-24)13-18(30)26-17-7-5-16(6-8-17)19(31)20-25-9-10-28(20)4/h5-10,15H,11-14H2,1-4H3,(H,26,30)(H,27,33)/t15-,24-/m0/s1. The highest BCUT2D eigenvalue weighted by molar-refractivity contribution is 6.10. The van der Waals surface area contributed by atoms with Crippen LogP contribution in [0.25, 0.3) is 0 Å². The predicted octanol–water partition coefficient (Wildman–Crippen LogP) is 2.73. The highest BCUT2D eigenvalue weighted by Gasteiger charge is 2.56. The number of anilines is 1. The van der Waals surface area contributed by atoms with Crippen molar-refractivity contribution in [2.24, 2.45) is 18.4 Å². The van der Waals surface area contributed by atoms with E-state index in [9.17, 15) is 19.2 Å². The first-order chi connectivity index (χ1) is 15.5. The molecule has 9 heteroatoms. The minimum Gasteiger partial charge on any atom is -0.331 e. The number of ketones is 1. The van der Waals surface area contributed by atoms with E-state index in [0.29, 0.717) is 35.8 Å². The predicted molar refractivity (Wildman–Crippen MR) is 121 cm³/mol. The van der Waals surface area contributed by atoms with E-state index in [2.05, 4.69) is 36.4 Å². The van der Waals surface area contributed by atoms with Crippen LogP contribution in [-0.4, -0.2) is 50.2 Å². The molecule has 2 aliphatic rings. The molecule has 1 aliphatic heterocycles. The van der Waals surface area contributed by atoms with Gasteiger partial charge in [0.25, 0.3) is 5.91 Å². The van der Waals surface area contributed by atoms with Gasteiger partial charge in [-0.15, -0.1) is 0 Å². The van der Waals surface area contributed by atoms with E-state index in [1.165, 1.54) is 0 Å². The van der Waals surface area contributed by atoms with Crippen LogP contribution in [0.1, 0.15) is 56.2 Å². The Kier molecular flexibility index (Phi) is 5.59. The molecule has 1 aliphatic carbocycles. The number of benzene rings is 1. The van der Waals surface area contributed by atoms with Crippen LogP contribution < -0.4 is 10.6 Å². The summed E-state index contributed by atoms with van der Waals surface area (Å²) in [5, 5.41) is 5.57. The molecule has 9 nitrogen and oxygen atoms in total. The summed E-state index contributed by atoms with van der Waals surface area (Å²) in [6.07, 6.45) is 5.35. The molecule has 2 N–H and O–H groups in total. The molecule has 174 valence electrons. The SMILES string of the molecule is C[C@H]1CC(C)(C)C[C@]2(C1)NC(=O)N(CC(=O)Nc1ccc(C(=O)c3nccn3C)cc1)C2=O. The Hall–Kier alpha value is -3.49. The molecular formula is C24H29N5O4. The Balaban J connectivity index is 1.41. The van der Waals surface area contributed by atoms with Gasteiger partial charge in [-0.05, 0) is 54.9 Å². The number of imidazole rings is 1. The maximum Gasteiger partial charge on any atom is 0.325 e. The second-order valence-corrected chi connectivity index (χ2v) is 10.1. The van der Waals surface area contributed by atoms with Crippen molar-refractivity contribution in [1.82, 2.24) is 19.8 Å². The monoisotopic (exact) mass is 451 g/mol. The van der Waals surface area contributed by atoms with E-state index < -0.39 is 17.5 Å². The Morgan fingerprint density at radius 2 is 1.88 bits per heavy atom. The number of aromatic nitrogens is 2. The van der Waals surface area contributed by atoms with Crippen molar-refractivity contribution >= 4 is 29.3 Å². The molecule has 2 heterocycles. The summed E-state index contributed by atoms with van der Waals surface area (Å²) in [6.45, 7) is 5.91. The van der Waals surface area contributed by atoms with E-state index in [1.807, 2.05) is 0 Å². The lowest BCUT2D eigenvalue weighted by Crippen LogP contribution is -2.54. The summed E-state index contributed by atoms with van der Waals surface area (Å²) >= 11 is 0. The van der Waals surface area contributed by atoms with Crippen molar-refractivity contribution in [2.75, 3.05) is 11.9 Å². The molecule has 2 aromatic rings. The van der Waals surface area contributed by atoms with Crippen molar-refractivity contribution < 1.29 is 19.2 Å². The second kappa shape index (κ2) is 8.13. The first-order valence-electron chi connectivity index (χ1n) is 11.1. The summed E-state index contributed by atoms with van der Waals surface area (Å²) in [5.41, 5.74) is -0.114. The lowest BCUT2D eigenvalue weighted by Gasteiger charge is -2.43. The summed E-state index contributed by atoms with van der Waals surface area (Å²) < 4.78 is 1.64. The lowest BCUT2D eigenvalue weighted by atomic mass is 9.64. The van der Waals surface area contributed by atoms with E-state index >= 15 is 0 Å². The van der Waals surface area contributed by atoms with Crippen LogP contribution in [0.3, 0.4) is 0 Å². The largest absolute Gasteiger partial charge is 0.331 e. The third kappa shape index (κ3) is 4.40. The number of nitrogens with one attached hydrogen (secondary N) is 2. The first kappa shape index (κ1) is 22.7. The van der Waals surface area contributed by atoms with Gasteiger partial charge in [0.1, 0.15) is 12.1 Å². The normalized spacial score (nSPS) is 24.1. The number of hydrogen-bond acceptors (Lipinski definition) is 5. The fourth-order valence-electron chi connectivity index (χ4n) is 5.41. The molecule has 4 amide bonds. The molecule has 0 unspecified atom stereocenters. The maximum atomic E-state index is 13.2. The number of imide groups is 1. The van der Waals surface area contributed by atoms with Crippen molar-refractivity contribution in [3.8, 4) is 0 Å². The fraction of sp³-hybridized carbons (Fsp3) is 0.458. The fourth-order valence-corrected chi connectivity index (χ4v) is 5.41. The summed E-state index contributed by atoms with van der Waals surface area (Å²) in [5.74, 6) is -0.437. The summed E-state index contributed by atoms with van der Waals surface area (Å²) in [6, 6.07) is 5.87. The van der Waals surface area contributed by atoms with Crippen LogP contribution in [0, 0.1) is 11.3 Å². The van der Waals surface area contributed by atoms with Gasteiger partial charge in [0, 0.05) is 30.7 Å². The number of nitrogens with zero attached hydrogens (tertiary/aromatic N) is 3. The van der Waals surface area contributed by atoms with Gasteiger partial charge in [0.15, 0.2) is 5.82 Å². The number of rotatable bonds is 5. The Labute approximate surface area is 192 Å². The third-order valence-corrected chi connectivity index (χ3v) is 6.38. The number of aryl methyl sites for hydroxylation is 1. The van der Waals surface area contributed by atoms with Gasteiger partial charge in [0.05, 0.1) is 0 Å². The maximum absolute atomic E-state index is 13.2. The van der Waals surface area contributed by atoms with Crippen LogP contribution in [0.2, 0.25) is 0 Å². The summed E-state index contributed by atoms with van der Waals surface area (Å²) in [7, 11) is 1.74. The molecule has 1 aromatic carbocycles. The summed E-state index contributed by atoms with van der Waals surface area (Å²) in [4.78, 5) is 56.0. The van der Waals surface area contributed by atoms with Crippen molar-refractivity contribution in [2.45, 2.75) is 45.6 Å². The highest BCUT2D eigenvalue weighted by atomic mass is 16.2. The zero-order valence-corrected chi connectivity index (χ0v) is 19.3. The molecule has 1 aromatic heterocycles. The third-order valence-electron chi connectivity index (χ3n) is 6.38. The van der Waals surface area contributed by atoms with Gasteiger partial charge in [-0.3, -0.25) is 19.3 Å². The van der Waals surface area contributed by atoms with Gasteiger partial charge in [-0.25, -0.2) is 9.78 Å². The first-order valence-corrected chi connectivity index (χ1v) is 11.1. The van der Waals surface area contributed by atoms with Crippen molar-refractivity contribution in [3.05, 3.63) is 48.0 Å². The van der Waals surface area contributed by atoms with Crippen LogP contribution >= 0.6 is 0 Å². The van der Waals surface area contributed by atoms with E-state index in [1.54, 1.807) is 48.3 Å². The van der Waals surface area contributed by atoms with Gasteiger partial charge < -0.3 is 15.2 Å². The molecule has 0 radical (unpaired) electrons. The Morgan fingerprint density at radius 1 is 1.18 bits per heavy atom. The zero-order valence-electron chi connectivity index (χ0n) is 19.3. The van der Waals surface area contributed by atoms with Crippen LogP contribution in [0.15, 0.2) is 36.7 Å². The average Bonchev–Trinajstić information content (AvgIpc) is 3.23. The topological polar surface area (TPSA) is 113 Å². The molecule has 1 saturated heterocycles. The number of carbonyl (C=O) groups excluding carboxylic acids is 4. The average molecular weight is 452 g/mol. The smallest absolute Gasteiger partial charge is 0.325 e. The van der Waals surface area contributed by atoms with Crippen molar-refractivity contribution in [1.29, 1.82) is 0 Å². The molecule has 2 atom stereocenters. The Morgan fingerprint density at radius 3 is 2.48 bits per heavy atom. The van der Waals surface area contributed by atoms with Crippen LogP contribution in [-0.2, 0) is 16.6 Å². The van der Waals surface area contributed by atoms with Gasteiger partial charge >= 0.3 is 6.03 Å². The minimum absolute atomic E-state index is 0.0764. The molecule has 1 saturated carbocycles. The molecule has 33 heavy (non-hydrogen) atoms. The highest BCUT2D eigenvalue weighted by Crippen LogP contribution is 2.46. The van der Waals surface area contributed by atoms with Crippen LogP contribution in [0.4, 0.5) is 10.5 Å². The number of urea groups is 1. The van der Waals surface area contributed by atoms with E-state index in [0.717, 1.165) is 11.3 Å². The minimum atomic E-state index is -0.939. The number of carbonyl (C=O) groups is 4. The molecule has 2 fully saturated rings. The molecule has 1 spiro atoms. The van der Waals surface area contributed by atoms with Gasteiger partial charge in [0.2, 0.25) is 11.7 Å². The quantitative estimate of drug-likeness (QED) is 0.536. The number of hydrogen-bond donors (Lipinski definition) is 2. The van der Waals surface area contributed by atoms with Crippen molar-refractivity contribution in [3.63, 3.8) is 0 Å². The number of amides is 4. The zero-order chi connectivity index (χ0) is 24.0.